The van der Waals surface area contributed by atoms with Gasteiger partial charge < -0.3 is 9.26 Å². The zero-order valence-corrected chi connectivity index (χ0v) is 16.2. The number of fused-ring (bicyclic) bond motifs is 1. The average Bonchev–Trinajstić information content (AvgIpc) is 3.29. The van der Waals surface area contributed by atoms with Crippen molar-refractivity contribution in [2.75, 3.05) is 0 Å². The number of aromatic nitrogens is 3. The van der Waals surface area contributed by atoms with Gasteiger partial charge in [0.1, 0.15) is 6.61 Å². The lowest BCUT2D eigenvalue weighted by Gasteiger charge is -2.13. The minimum atomic E-state index is -4.75. The Bertz CT molecular complexity index is 1240. The zero-order valence-electron chi connectivity index (χ0n) is 16.2. The average molecular weight is 446 g/mol. The molecule has 0 saturated carbocycles. The fraction of sp³-hybridized carbons (Fsp3) is 0.143. The third kappa shape index (κ3) is 4.82. The number of hydrogen-bond acceptors (Lipinski definition) is 6. The lowest BCUT2D eigenvalue weighted by Crippen LogP contribution is -2.23. The summed E-state index contributed by atoms with van der Waals surface area (Å²) in [6, 6.07) is 14.8. The van der Waals surface area contributed by atoms with Crippen molar-refractivity contribution in [1.29, 1.82) is 0 Å². The zero-order chi connectivity index (χ0) is 22.7. The highest BCUT2D eigenvalue weighted by molar-refractivity contribution is 5.78. The predicted molar refractivity (Wildman–Crippen MR) is 103 cm³/mol. The molecule has 0 radical (unpaired) electrons. The van der Waals surface area contributed by atoms with Crippen LogP contribution in [0, 0.1) is 0 Å². The molecule has 1 amide bonds. The van der Waals surface area contributed by atoms with Crippen LogP contribution in [0.3, 0.4) is 0 Å². The summed E-state index contributed by atoms with van der Waals surface area (Å²) >= 11 is 0. The summed E-state index contributed by atoms with van der Waals surface area (Å²) in [5.74, 6) is -1.72. The fourth-order valence-corrected chi connectivity index (χ4v) is 2.85. The number of rotatable bonds is 5. The maximum atomic E-state index is 14.2. The molecular formula is C21H14F4N4O3. The first kappa shape index (κ1) is 21.2. The van der Waals surface area contributed by atoms with E-state index in [2.05, 4.69) is 19.6 Å². The van der Waals surface area contributed by atoms with Gasteiger partial charge in [-0.25, -0.2) is 4.79 Å². The maximum Gasteiger partial charge on any atom is 0.471 e. The number of halogens is 4. The molecule has 0 aliphatic heterocycles. The Balaban J connectivity index is 1.34. The topological polar surface area (TPSA) is 81.4 Å². The molecule has 2 aromatic carbocycles. The van der Waals surface area contributed by atoms with Crippen LogP contribution >= 0.6 is 0 Å². The van der Waals surface area contributed by atoms with Crippen molar-refractivity contribution in [3.8, 4) is 11.4 Å². The highest BCUT2D eigenvalue weighted by atomic mass is 19.4. The first-order valence-corrected chi connectivity index (χ1v) is 9.23. The van der Waals surface area contributed by atoms with Gasteiger partial charge in [-0.1, -0.05) is 52.1 Å². The van der Waals surface area contributed by atoms with Gasteiger partial charge >= 0.3 is 18.2 Å². The molecule has 164 valence electrons. The molecule has 0 aliphatic rings. The Morgan fingerprint density at radius 2 is 1.81 bits per heavy atom. The van der Waals surface area contributed by atoms with Gasteiger partial charge in [0.25, 0.3) is 0 Å². The lowest BCUT2D eigenvalue weighted by atomic mass is 10.1. The molecule has 2 aromatic heterocycles. The largest absolute Gasteiger partial charge is 0.471 e. The molecule has 32 heavy (non-hydrogen) atoms. The van der Waals surface area contributed by atoms with Crippen molar-refractivity contribution in [3.63, 3.8) is 0 Å². The quantitative estimate of drug-likeness (QED) is 0.305. The second-order valence-electron chi connectivity index (χ2n) is 6.73. The lowest BCUT2D eigenvalue weighted by molar-refractivity contribution is -0.159. The smallest absolute Gasteiger partial charge is 0.443 e. The number of para-hydroxylation sites is 1. The summed E-state index contributed by atoms with van der Waals surface area (Å²) in [6.45, 7) is -0.579. The molecule has 11 heteroatoms. The van der Waals surface area contributed by atoms with E-state index >= 15 is 0 Å². The van der Waals surface area contributed by atoms with Crippen molar-refractivity contribution in [2.45, 2.75) is 19.3 Å². The van der Waals surface area contributed by atoms with Gasteiger partial charge in [0.05, 0.1) is 12.1 Å². The second kappa shape index (κ2) is 8.61. The van der Waals surface area contributed by atoms with Crippen LogP contribution in [0.4, 0.5) is 22.4 Å². The minimum absolute atomic E-state index is 0.112. The van der Waals surface area contributed by atoms with E-state index in [4.69, 9.17) is 4.74 Å². The van der Waals surface area contributed by atoms with E-state index in [1.165, 1.54) is 24.3 Å². The summed E-state index contributed by atoms with van der Waals surface area (Å²) in [6.07, 6.45) is -4.39. The molecule has 4 aromatic rings. The number of benzene rings is 2. The fourth-order valence-electron chi connectivity index (χ4n) is 2.85. The summed E-state index contributed by atoms with van der Waals surface area (Å²) in [5, 5.41) is 4.03. The Morgan fingerprint density at radius 1 is 1.06 bits per heavy atom. The number of hydrogen-bond donors (Lipinski definition) is 0. The number of ether oxygens (including phenoxy) is 1. The predicted octanol–water partition coefficient (Wildman–Crippen LogP) is 5.33. The van der Waals surface area contributed by atoms with Gasteiger partial charge in [-0.05, 0) is 17.7 Å². The van der Waals surface area contributed by atoms with Gasteiger partial charge in [-0.3, -0.25) is 4.98 Å². The summed E-state index contributed by atoms with van der Waals surface area (Å²) in [5.41, 5.74) is 2.01. The minimum Gasteiger partial charge on any atom is -0.443 e. The van der Waals surface area contributed by atoms with Crippen molar-refractivity contribution in [1.82, 2.24) is 20.2 Å². The van der Waals surface area contributed by atoms with Gasteiger partial charge in [-0.15, -0.1) is 5.12 Å². The molecule has 0 N–H and O–H groups in total. The van der Waals surface area contributed by atoms with Gasteiger partial charge in [-0.2, -0.15) is 18.2 Å². The van der Waals surface area contributed by atoms with E-state index in [9.17, 15) is 22.4 Å². The van der Waals surface area contributed by atoms with Crippen LogP contribution in [0.15, 0.2) is 65.3 Å². The van der Waals surface area contributed by atoms with Gasteiger partial charge in [0.2, 0.25) is 5.82 Å². The normalized spacial score (nSPS) is 11.5. The van der Waals surface area contributed by atoms with Crippen LogP contribution in [0.2, 0.25) is 0 Å². The molecule has 7 nitrogen and oxygen atoms in total. The standard InChI is InChI=1S/C21H14F4N4O3/c22-21(23,24)19-27-18(28-32-19)15-7-5-13(6-8-15)11-29(25)20(30)31-12-14-9-16-3-1-2-4-17(16)26-10-14/h1-10H,11-12H2. The van der Waals surface area contributed by atoms with Crippen LogP contribution in [-0.2, 0) is 24.1 Å². The number of carbonyl (C=O) groups is 1. The highest BCUT2D eigenvalue weighted by Gasteiger charge is 2.38. The van der Waals surface area contributed by atoms with E-state index in [1.807, 2.05) is 24.3 Å². The number of nitrogens with zero attached hydrogens (tertiary/aromatic N) is 4. The van der Waals surface area contributed by atoms with E-state index in [0.29, 0.717) is 11.1 Å². The Hall–Kier alpha value is -4.02. The van der Waals surface area contributed by atoms with Crippen molar-refractivity contribution in [3.05, 3.63) is 77.8 Å². The maximum absolute atomic E-state index is 14.2. The molecule has 0 fully saturated rings. The van der Waals surface area contributed by atoms with Gasteiger partial charge in [0, 0.05) is 22.7 Å². The van der Waals surface area contributed by atoms with Crippen LogP contribution in [0.5, 0.6) is 0 Å². The molecule has 0 atom stereocenters. The van der Waals surface area contributed by atoms with Crippen LogP contribution in [-0.4, -0.2) is 26.3 Å². The molecule has 0 bridgehead atoms. The third-order valence-electron chi connectivity index (χ3n) is 4.41. The van der Waals surface area contributed by atoms with Crippen molar-refractivity contribution in [2.24, 2.45) is 0 Å². The number of pyridine rings is 1. The van der Waals surface area contributed by atoms with E-state index < -0.39 is 24.7 Å². The summed E-state index contributed by atoms with van der Waals surface area (Å²) in [7, 11) is 0. The second-order valence-corrected chi connectivity index (χ2v) is 6.73. The Morgan fingerprint density at radius 3 is 2.53 bits per heavy atom. The van der Waals surface area contributed by atoms with E-state index in [0.717, 1.165) is 10.9 Å². The van der Waals surface area contributed by atoms with E-state index in [-0.39, 0.29) is 23.1 Å². The first-order chi connectivity index (χ1) is 15.3. The number of carbonyl (C=O) groups excluding carboxylic acids is 1. The Kier molecular flexibility index (Phi) is 5.71. The first-order valence-electron chi connectivity index (χ1n) is 9.23. The van der Waals surface area contributed by atoms with Crippen molar-refractivity contribution < 1.29 is 31.7 Å². The van der Waals surface area contributed by atoms with Crippen LogP contribution in [0.25, 0.3) is 22.3 Å². The highest BCUT2D eigenvalue weighted by Crippen LogP contribution is 2.29. The molecule has 4 rings (SSSR count). The molecule has 0 aliphatic carbocycles. The monoisotopic (exact) mass is 446 g/mol. The third-order valence-corrected chi connectivity index (χ3v) is 4.41. The van der Waals surface area contributed by atoms with Gasteiger partial charge in [0.15, 0.2) is 0 Å². The Labute approximate surface area is 178 Å². The van der Waals surface area contributed by atoms with Crippen LogP contribution in [0.1, 0.15) is 17.0 Å². The number of amides is 1. The molecule has 2 heterocycles. The van der Waals surface area contributed by atoms with Crippen LogP contribution < -0.4 is 0 Å². The molecule has 0 unspecified atom stereocenters. The van der Waals surface area contributed by atoms with Crippen molar-refractivity contribution >= 4 is 17.0 Å². The summed E-state index contributed by atoms with van der Waals surface area (Å²) < 4.78 is 61.0. The molecular weight excluding hydrogens is 432 g/mol. The number of alkyl halides is 3. The SMILES string of the molecule is O=C(OCc1cnc2ccccc2c1)N(F)Cc1ccc(-c2noc(C(F)(F)F)n2)cc1. The van der Waals surface area contributed by atoms with E-state index in [1.54, 1.807) is 12.3 Å². The molecule has 0 spiro atoms. The molecule has 0 saturated heterocycles. The summed E-state index contributed by atoms with van der Waals surface area (Å²) in [4.78, 5) is 19.5.